The number of nitrogens with zero attached hydrogens (tertiary/aromatic N) is 2. The summed E-state index contributed by atoms with van der Waals surface area (Å²) in [6.07, 6.45) is 0. The van der Waals surface area contributed by atoms with E-state index in [-0.39, 0.29) is 41.2 Å². The van der Waals surface area contributed by atoms with Gasteiger partial charge in [0.2, 0.25) is 0 Å². The van der Waals surface area contributed by atoms with Crippen molar-refractivity contribution in [1.82, 2.24) is 4.90 Å². The van der Waals surface area contributed by atoms with Gasteiger partial charge in [-0.15, -0.1) is 24.0 Å². The van der Waals surface area contributed by atoms with Crippen LogP contribution in [0, 0.1) is 5.82 Å². The highest BCUT2D eigenvalue weighted by atomic mass is 127. The summed E-state index contributed by atoms with van der Waals surface area (Å²) in [4.78, 5) is 5.55. The first-order valence-electron chi connectivity index (χ1n) is 6.44. The van der Waals surface area contributed by atoms with E-state index in [1.54, 1.807) is 0 Å². The summed E-state index contributed by atoms with van der Waals surface area (Å²) >= 11 is 0. The summed E-state index contributed by atoms with van der Waals surface area (Å²) in [6, 6.07) is 5.32. The van der Waals surface area contributed by atoms with E-state index in [9.17, 15) is 12.8 Å². The number of benzene rings is 1. The van der Waals surface area contributed by atoms with E-state index in [0.29, 0.717) is 19.0 Å². The Balaban J connectivity index is 0.00000400. The third kappa shape index (κ3) is 5.77. The van der Waals surface area contributed by atoms with Crippen molar-refractivity contribution in [2.75, 3.05) is 25.4 Å². The minimum atomic E-state index is -3.68. The molecule has 2 N–H and O–H groups in total. The first-order valence-corrected chi connectivity index (χ1v) is 8.09. The summed E-state index contributed by atoms with van der Waals surface area (Å²) in [6.45, 7) is 5.28. The van der Waals surface area contributed by atoms with Gasteiger partial charge in [-0.05, 0) is 26.0 Å². The molecule has 0 unspecified atom stereocenters. The van der Waals surface area contributed by atoms with Gasteiger partial charge >= 0.3 is 0 Å². The summed E-state index contributed by atoms with van der Waals surface area (Å²) in [7, 11) is -3.68. The smallest absolute Gasteiger partial charge is 0.191 e. The van der Waals surface area contributed by atoms with Crippen LogP contribution in [0.3, 0.4) is 0 Å². The van der Waals surface area contributed by atoms with Crippen LogP contribution in [0.4, 0.5) is 4.39 Å². The van der Waals surface area contributed by atoms with Crippen LogP contribution in [0.15, 0.2) is 34.2 Å². The van der Waals surface area contributed by atoms with Crippen molar-refractivity contribution in [3.63, 3.8) is 0 Å². The van der Waals surface area contributed by atoms with Crippen molar-refractivity contribution >= 4 is 39.8 Å². The molecule has 5 nitrogen and oxygen atoms in total. The first kappa shape index (κ1) is 20.1. The quantitative estimate of drug-likeness (QED) is 0.426. The second-order valence-corrected chi connectivity index (χ2v) is 6.24. The van der Waals surface area contributed by atoms with Crippen molar-refractivity contribution in [2.24, 2.45) is 10.7 Å². The third-order valence-electron chi connectivity index (χ3n) is 2.89. The molecule has 0 fully saturated rings. The van der Waals surface area contributed by atoms with E-state index in [2.05, 4.69) is 4.99 Å². The second kappa shape index (κ2) is 9.19. The molecule has 0 radical (unpaired) electrons. The fraction of sp³-hybridized carbons (Fsp3) is 0.462. The Kier molecular flexibility index (Phi) is 8.79. The molecule has 0 amide bonds. The third-order valence-corrected chi connectivity index (χ3v) is 4.61. The molecule has 0 aliphatic carbocycles. The normalized spacial score (nSPS) is 11.9. The molecule has 0 atom stereocenters. The molecule has 0 saturated carbocycles. The number of guanidine groups is 1. The Labute approximate surface area is 142 Å². The summed E-state index contributed by atoms with van der Waals surface area (Å²) in [5.74, 6) is -0.706. The Morgan fingerprint density at radius 2 is 1.86 bits per heavy atom. The second-order valence-electron chi connectivity index (χ2n) is 4.16. The molecule has 0 aromatic heterocycles. The fourth-order valence-electron chi connectivity index (χ4n) is 1.73. The van der Waals surface area contributed by atoms with Crippen LogP contribution in [0.5, 0.6) is 0 Å². The molecule has 1 rings (SSSR count). The van der Waals surface area contributed by atoms with Crippen LogP contribution in [-0.4, -0.2) is 44.7 Å². The van der Waals surface area contributed by atoms with E-state index >= 15 is 0 Å². The van der Waals surface area contributed by atoms with E-state index in [0.717, 1.165) is 6.07 Å². The minimum Gasteiger partial charge on any atom is -0.370 e. The van der Waals surface area contributed by atoms with Gasteiger partial charge in [0.05, 0.1) is 12.3 Å². The van der Waals surface area contributed by atoms with Crippen LogP contribution in [0.1, 0.15) is 13.8 Å². The maximum absolute atomic E-state index is 13.5. The number of hydrogen-bond acceptors (Lipinski definition) is 3. The highest BCUT2D eigenvalue weighted by Gasteiger charge is 2.18. The average molecular weight is 429 g/mol. The SMILES string of the molecule is CCN(CC)C(N)=NCCS(=O)(=O)c1ccccc1F.I. The van der Waals surface area contributed by atoms with E-state index in [1.807, 2.05) is 18.7 Å². The van der Waals surface area contributed by atoms with Crippen LogP contribution in [0.2, 0.25) is 0 Å². The summed E-state index contributed by atoms with van der Waals surface area (Å²) < 4.78 is 37.4. The number of aliphatic imine (C=N–C) groups is 1. The molecule has 1 aromatic rings. The Hall–Kier alpha value is -0.900. The highest BCUT2D eigenvalue weighted by Crippen LogP contribution is 2.15. The van der Waals surface area contributed by atoms with Gasteiger partial charge < -0.3 is 10.6 Å². The number of rotatable bonds is 6. The van der Waals surface area contributed by atoms with Gasteiger partial charge in [-0.3, -0.25) is 4.99 Å². The topological polar surface area (TPSA) is 75.8 Å². The summed E-state index contributed by atoms with van der Waals surface area (Å²) in [5, 5.41) is 0. The molecular formula is C13H21FIN3O2S. The Morgan fingerprint density at radius 3 is 2.38 bits per heavy atom. The highest BCUT2D eigenvalue weighted by molar-refractivity contribution is 14.0. The molecule has 8 heteroatoms. The van der Waals surface area contributed by atoms with Crippen molar-refractivity contribution in [3.8, 4) is 0 Å². The monoisotopic (exact) mass is 429 g/mol. The zero-order valence-corrected chi connectivity index (χ0v) is 15.3. The molecule has 0 aliphatic rings. The average Bonchev–Trinajstić information content (AvgIpc) is 2.40. The van der Waals surface area contributed by atoms with Crippen molar-refractivity contribution in [3.05, 3.63) is 30.1 Å². The lowest BCUT2D eigenvalue weighted by atomic mass is 10.3. The lowest BCUT2D eigenvalue weighted by molar-refractivity contribution is 0.458. The van der Waals surface area contributed by atoms with Gasteiger partial charge in [-0.25, -0.2) is 12.8 Å². The number of hydrogen-bond donors (Lipinski definition) is 1. The van der Waals surface area contributed by atoms with Crippen molar-refractivity contribution < 1.29 is 12.8 Å². The molecule has 0 spiro atoms. The largest absolute Gasteiger partial charge is 0.370 e. The maximum Gasteiger partial charge on any atom is 0.191 e. The Bertz CT molecular complexity index is 575. The zero-order chi connectivity index (χ0) is 15.2. The van der Waals surface area contributed by atoms with Gasteiger partial charge in [-0.2, -0.15) is 0 Å². The van der Waals surface area contributed by atoms with Gasteiger partial charge in [0.15, 0.2) is 15.8 Å². The molecular weight excluding hydrogens is 408 g/mol. The Morgan fingerprint density at radius 1 is 1.29 bits per heavy atom. The van der Waals surface area contributed by atoms with E-state index in [4.69, 9.17) is 5.73 Å². The molecule has 0 saturated heterocycles. The minimum absolute atomic E-state index is 0. The first-order chi connectivity index (χ1) is 9.42. The van der Waals surface area contributed by atoms with Crippen molar-refractivity contribution in [1.29, 1.82) is 0 Å². The fourth-order valence-corrected chi connectivity index (χ4v) is 2.94. The van der Waals surface area contributed by atoms with Crippen LogP contribution in [-0.2, 0) is 9.84 Å². The van der Waals surface area contributed by atoms with E-state index in [1.165, 1.54) is 18.2 Å². The van der Waals surface area contributed by atoms with Gasteiger partial charge in [0.25, 0.3) is 0 Å². The number of sulfone groups is 1. The maximum atomic E-state index is 13.5. The molecule has 120 valence electrons. The number of nitrogens with two attached hydrogens (primary N) is 1. The molecule has 0 heterocycles. The zero-order valence-electron chi connectivity index (χ0n) is 12.1. The van der Waals surface area contributed by atoms with Crippen LogP contribution in [0.25, 0.3) is 0 Å². The molecule has 21 heavy (non-hydrogen) atoms. The van der Waals surface area contributed by atoms with Crippen LogP contribution < -0.4 is 5.73 Å². The summed E-state index contributed by atoms with van der Waals surface area (Å²) in [5.41, 5.74) is 5.74. The standard InChI is InChI=1S/C13H20FN3O2S.HI/c1-3-17(4-2)13(15)16-9-10-20(18,19)12-8-6-5-7-11(12)14;/h5-8H,3-4,9-10H2,1-2H3,(H2,15,16);1H. The van der Waals surface area contributed by atoms with Crippen LogP contribution >= 0.6 is 24.0 Å². The molecule has 1 aromatic carbocycles. The van der Waals surface area contributed by atoms with Gasteiger partial charge in [0, 0.05) is 13.1 Å². The molecule has 0 bridgehead atoms. The lowest BCUT2D eigenvalue weighted by Gasteiger charge is -2.19. The van der Waals surface area contributed by atoms with E-state index < -0.39 is 15.7 Å². The predicted molar refractivity (Wildman–Crippen MR) is 93.3 cm³/mol. The van der Waals surface area contributed by atoms with Gasteiger partial charge in [0.1, 0.15) is 10.7 Å². The predicted octanol–water partition coefficient (Wildman–Crippen LogP) is 1.87. The lowest BCUT2D eigenvalue weighted by Crippen LogP contribution is -2.37. The molecule has 0 aliphatic heterocycles. The number of halogens is 2. The van der Waals surface area contributed by atoms with Crippen molar-refractivity contribution in [2.45, 2.75) is 18.7 Å². The van der Waals surface area contributed by atoms with Gasteiger partial charge in [-0.1, -0.05) is 12.1 Å².